The smallest absolute Gasteiger partial charge is 0.255 e. The first-order chi connectivity index (χ1) is 9.11. The minimum atomic E-state index is -2.35. The summed E-state index contributed by atoms with van der Waals surface area (Å²) in [5.74, 6) is 1.32. The summed E-state index contributed by atoms with van der Waals surface area (Å²) in [4.78, 5) is 3.96. The van der Waals surface area contributed by atoms with E-state index < -0.39 is 6.43 Å². The first-order valence-corrected chi connectivity index (χ1v) is 7.37. The second-order valence-corrected chi connectivity index (χ2v) is 5.47. The van der Waals surface area contributed by atoms with Crippen LogP contribution in [0.15, 0.2) is 4.99 Å². The van der Waals surface area contributed by atoms with Crippen molar-refractivity contribution in [1.29, 1.82) is 0 Å². The molecule has 1 aliphatic rings. The molecule has 112 valence electrons. The maximum atomic E-state index is 12.1. The van der Waals surface area contributed by atoms with E-state index in [1.165, 1.54) is 38.5 Å². The summed E-state index contributed by atoms with van der Waals surface area (Å²) in [6.07, 6.45) is 6.76. The minimum absolute atomic E-state index is 0.269. The molecule has 0 aromatic heterocycles. The lowest BCUT2D eigenvalue weighted by Gasteiger charge is -2.24. The first-order valence-electron chi connectivity index (χ1n) is 7.37. The average Bonchev–Trinajstić information content (AvgIpc) is 2.42. The van der Waals surface area contributed by atoms with Gasteiger partial charge in [0.1, 0.15) is 0 Å². The van der Waals surface area contributed by atoms with E-state index in [-0.39, 0.29) is 12.6 Å². The average molecular weight is 275 g/mol. The van der Waals surface area contributed by atoms with Gasteiger partial charge in [-0.3, -0.25) is 4.99 Å². The van der Waals surface area contributed by atoms with Crippen LogP contribution < -0.4 is 10.6 Å². The Kier molecular flexibility index (Phi) is 7.75. The molecule has 1 unspecified atom stereocenters. The van der Waals surface area contributed by atoms with E-state index in [2.05, 4.69) is 22.5 Å². The van der Waals surface area contributed by atoms with Crippen LogP contribution in [0.5, 0.6) is 0 Å². The molecular weight excluding hydrogens is 248 g/mol. The van der Waals surface area contributed by atoms with Gasteiger partial charge in [0.05, 0.1) is 6.54 Å². The molecule has 1 fully saturated rings. The quantitative estimate of drug-likeness (QED) is 0.577. The normalized spacial score (nSPS) is 19.5. The van der Waals surface area contributed by atoms with Gasteiger partial charge in [-0.25, -0.2) is 8.78 Å². The molecule has 1 rings (SSSR count). The van der Waals surface area contributed by atoms with Gasteiger partial charge in [-0.1, -0.05) is 32.1 Å². The Morgan fingerprint density at radius 3 is 2.53 bits per heavy atom. The molecule has 1 atom stereocenters. The van der Waals surface area contributed by atoms with Crippen molar-refractivity contribution in [2.45, 2.75) is 64.3 Å². The second-order valence-electron chi connectivity index (χ2n) is 5.47. The second kappa shape index (κ2) is 9.10. The zero-order valence-corrected chi connectivity index (χ0v) is 12.1. The van der Waals surface area contributed by atoms with E-state index in [4.69, 9.17) is 0 Å². The van der Waals surface area contributed by atoms with Crippen LogP contribution in [0.4, 0.5) is 8.78 Å². The number of nitrogens with zero attached hydrogens (tertiary/aromatic N) is 1. The number of guanidine groups is 1. The number of halogens is 2. The standard InChI is InChI=1S/C14H27F2N3/c1-11(8-9-12-6-4-3-5-7-12)19-14(17-2)18-10-13(15)16/h11-13H,3-10H2,1-2H3,(H2,17,18,19). The van der Waals surface area contributed by atoms with E-state index in [0.717, 1.165) is 12.3 Å². The Morgan fingerprint density at radius 1 is 1.26 bits per heavy atom. The van der Waals surface area contributed by atoms with Crippen LogP contribution >= 0.6 is 0 Å². The van der Waals surface area contributed by atoms with E-state index in [9.17, 15) is 8.78 Å². The summed E-state index contributed by atoms with van der Waals surface area (Å²) >= 11 is 0. The zero-order chi connectivity index (χ0) is 14.1. The summed E-state index contributed by atoms with van der Waals surface area (Å²) in [6, 6.07) is 0.269. The molecule has 5 heteroatoms. The Labute approximate surface area is 115 Å². The highest BCUT2D eigenvalue weighted by molar-refractivity contribution is 5.79. The molecule has 0 heterocycles. The van der Waals surface area contributed by atoms with Gasteiger partial charge < -0.3 is 10.6 Å². The monoisotopic (exact) mass is 275 g/mol. The highest BCUT2D eigenvalue weighted by Gasteiger charge is 2.15. The van der Waals surface area contributed by atoms with Crippen LogP contribution in [-0.4, -0.2) is 32.0 Å². The summed E-state index contributed by atoms with van der Waals surface area (Å²) in [7, 11) is 1.61. The van der Waals surface area contributed by atoms with Crippen molar-refractivity contribution in [1.82, 2.24) is 10.6 Å². The topological polar surface area (TPSA) is 36.4 Å². The SMILES string of the molecule is CN=C(NCC(F)F)NC(C)CCC1CCCCC1. The van der Waals surface area contributed by atoms with Crippen LogP contribution in [0, 0.1) is 5.92 Å². The first kappa shape index (κ1) is 16.2. The fourth-order valence-corrected chi connectivity index (χ4v) is 2.64. The molecule has 0 aliphatic heterocycles. The molecule has 0 aromatic carbocycles. The molecule has 1 saturated carbocycles. The summed E-state index contributed by atoms with van der Waals surface area (Å²) in [5, 5.41) is 5.79. The lowest BCUT2D eigenvalue weighted by atomic mass is 9.85. The van der Waals surface area contributed by atoms with E-state index in [1.807, 2.05) is 0 Å². The molecule has 0 amide bonds. The lowest BCUT2D eigenvalue weighted by Crippen LogP contribution is -2.43. The predicted molar refractivity (Wildman–Crippen MR) is 75.8 cm³/mol. The molecule has 0 radical (unpaired) electrons. The van der Waals surface area contributed by atoms with Crippen molar-refractivity contribution >= 4 is 5.96 Å². The number of rotatable bonds is 6. The molecule has 2 N–H and O–H groups in total. The summed E-state index contributed by atoms with van der Waals surface area (Å²) in [5.41, 5.74) is 0. The zero-order valence-electron chi connectivity index (χ0n) is 12.1. The van der Waals surface area contributed by atoms with Crippen molar-refractivity contribution in [3.63, 3.8) is 0 Å². The predicted octanol–water partition coefficient (Wildman–Crippen LogP) is 3.17. The van der Waals surface area contributed by atoms with Gasteiger partial charge in [-0.05, 0) is 25.7 Å². The van der Waals surface area contributed by atoms with Crippen molar-refractivity contribution in [3.8, 4) is 0 Å². The van der Waals surface area contributed by atoms with Gasteiger partial charge in [-0.15, -0.1) is 0 Å². The lowest BCUT2D eigenvalue weighted by molar-refractivity contribution is 0.152. The van der Waals surface area contributed by atoms with E-state index in [0.29, 0.717) is 5.96 Å². The van der Waals surface area contributed by atoms with Crippen LogP contribution in [0.3, 0.4) is 0 Å². The molecule has 0 aromatic rings. The van der Waals surface area contributed by atoms with Crippen LogP contribution in [0.2, 0.25) is 0 Å². The van der Waals surface area contributed by atoms with Gasteiger partial charge >= 0.3 is 0 Å². The molecule has 0 bridgehead atoms. The van der Waals surface area contributed by atoms with Crippen molar-refractivity contribution in [2.24, 2.45) is 10.9 Å². The molecule has 3 nitrogen and oxygen atoms in total. The van der Waals surface area contributed by atoms with Gasteiger partial charge in [0.2, 0.25) is 0 Å². The van der Waals surface area contributed by atoms with Crippen molar-refractivity contribution < 1.29 is 8.78 Å². The fraction of sp³-hybridized carbons (Fsp3) is 0.929. The number of hydrogen-bond acceptors (Lipinski definition) is 1. The van der Waals surface area contributed by atoms with Gasteiger partial charge in [-0.2, -0.15) is 0 Å². The third kappa shape index (κ3) is 7.33. The maximum absolute atomic E-state index is 12.1. The van der Waals surface area contributed by atoms with E-state index in [1.54, 1.807) is 7.05 Å². The molecule has 1 aliphatic carbocycles. The Balaban J connectivity index is 2.18. The van der Waals surface area contributed by atoms with Crippen molar-refractivity contribution in [2.75, 3.05) is 13.6 Å². The highest BCUT2D eigenvalue weighted by Crippen LogP contribution is 2.27. The number of aliphatic imine (C=N–C) groups is 1. The Bertz CT molecular complexity index is 263. The maximum Gasteiger partial charge on any atom is 0.255 e. The third-order valence-electron chi connectivity index (χ3n) is 3.76. The Morgan fingerprint density at radius 2 is 1.95 bits per heavy atom. The largest absolute Gasteiger partial charge is 0.354 e. The van der Waals surface area contributed by atoms with Crippen LogP contribution in [-0.2, 0) is 0 Å². The minimum Gasteiger partial charge on any atom is -0.354 e. The summed E-state index contributed by atoms with van der Waals surface area (Å²) in [6.45, 7) is 1.73. The Hall–Kier alpha value is -0.870. The molecule has 19 heavy (non-hydrogen) atoms. The molecule has 0 saturated heterocycles. The van der Waals surface area contributed by atoms with Crippen molar-refractivity contribution in [3.05, 3.63) is 0 Å². The number of hydrogen-bond donors (Lipinski definition) is 2. The van der Waals surface area contributed by atoms with Gasteiger partial charge in [0, 0.05) is 13.1 Å². The summed E-state index contributed by atoms with van der Waals surface area (Å²) < 4.78 is 24.2. The van der Waals surface area contributed by atoms with Gasteiger partial charge in [0.15, 0.2) is 5.96 Å². The molecule has 0 spiro atoms. The molecular formula is C14H27F2N3. The van der Waals surface area contributed by atoms with Crippen LogP contribution in [0.1, 0.15) is 51.9 Å². The number of alkyl halides is 2. The van der Waals surface area contributed by atoms with E-state index >= 15 is 0 Å². The van der Waals surface area contributed by atoms with Gasteiger partial charge in [0.25, 0.3) is 6.43 Å². The highest BCUT2D eigenvalue weighted by atomic mass is 19.3. The fourth-order valence-electron chi connectivity index (χ4n) is 2.64. The van der Waals surface area contributed by atoms with Crippen LogP contribution in [0.25, 0.3) is 0 Å². The third-order valence-corrected chi connectivity index (χ3v) is 3.76. The number of nitrogens with one attached hydrogen (secondary N) is 2.